The fourth-order valence-corrected chi connectivity index (χ4v) is 5.06. The molecular weight excluding hydrogens is 364 g/mol. The van der Waals surface area contributed by atoms with Gasteiger partial charge in [0.1, 0.15) is 12.1 Å². The van der Waals surface area contributed by atoms with E-state index < -0.39 is 12.1 Å². The van der Waals surface area contributed by atoms with E-state index in [2.05, 4.69) is 16.0 Å². The second kappa shape index (κ2) is 7.98. The minimum Gasteiger partial charge on any atom is -0.353 e. The van der Waals surface area contributed by atoms with Crippen LogP contribution < -0.4 is 16.0 Å². The van der Waals surface area contributed by atoms with E-state index in [1.54, 1.807) is 16.2 Å². The summed E-state index contributed by atoms with van der Waals surface area (Å²) < 4.78 is 0. The minimum atomic E-state index is -0.478. The van der Waals surface area contributed by atoms with Crippen LogP contribution in [0.4, 0.5) is 0 Å². The molecule has 0 aliphatic carbocycles. The van der Waals surface area contributed by atoms with Crippen LogP contribution in [0.3, 0.4) is 0 Å². The normalized spacial score (nSPS) is 29.2. The molecule has 0 bridgehead atoms. The van der Waals surface area contributed by atoms with Gasteiger partial charge in [0.2, 0.25) is 17.7 Å². The first-order valence-corrected chi connectivity index (χ1v) is 10.6. The number of nitrogens with zero attached hydrogens (tertiary/aromatic N) is 1. The van der Waals surface area contributed by atoms with Crippen LogP contribution in [0.2, 0.25) is 0 Å². The van der Waals surface area contributed by atoms with Gasteiger partial charge in [-0.25, -0.2) is 0 Å². The minimum absolute atomic E-state index is 0.00358. The zero-order chi connectivity index (χ0) is 18.8. The number of piperidine rings is 2. The van der Waals surface area contributed by atoms with Crippen LogP contribution >= 0.6 is 11.3 Å². The zero-order valence-electron chi connectivity index (χ0n) is 15.3. The van der Waals surface area contributed by atoms with Gasteiger partial charge in [-0.15, -0.1) is 11.3 Å². The summed E-state index contributed by atoms with van der Waals surface area (Å²) >= 11 is 1.60. The van der Waals surface area contributed by atoms with Gasteiger partial charge in [-0.3, -0.25) is 14.4 Å². The summed E-state index contributed by atoms with van der Waals surface area (Å²) in [6.45, 7) is 2.28. The van der Waals surface area contributed by atoms with Gasteiger partial charge in [0.25, 0.3) is 0 Å². The van der Waals surface area contributed by atoms with Gasteiger partial charge in [-0.2, -0.15) is 0 Å². The number of nitrogens with one attached hydrogen (secondary N) is 3. The first-order chi connectivity index (χ1) is 13.1. The third kappa shape index (κ3) is 4.01. The van der Waals surface area contributed by atoms with Crippen LogP contribution in [0.5, 0.6) is 0 Å². The van der Waals surface area contributed by atoms with Gasteiger partial charge in [0.15, 0.2) is 0 Å². The Labute approximate surface area is 162 Å². The summed E-state index contributed by atoms with van der Waals surface area (Å²) in [6, 6.07) is 2.95. The summed E-state index contributed by atoms with van der Waals surface area (Å²) in [7, 11) is 0. The number of rotatable bonds is 4. The molecule has 0 spiro atoms. The van der Waals surface area contributed by atoms with Crippen molar-refractivity contribution in [3.8, 4) is 0 Å². The molecular formula is C19H26N4O3S. The van der Waals surface area contributed by atoms with E-state index in [-0.39, 0.29) is 29.7 Å². The van der Waals surface area contributed by atoms with Crippen LogP contribution in [-0.2, 0) is 20.8 Å². The zero-order valence-corrected chi connectivity index (χ0v) is 16.1. The number of amides is 3. The average molecular weight is 391 g/mol. The number of hydrogen-bond donors (Lipinski definition) is 3. The number of piperazine rings is 1. The van der Waals surface area contributed by atoms with E-state index in [1.165, 1.54) is 0 Å². The maximum absolute atomic E-state index is 12.8. The molecule has 0 unspecified atom stereocenters. The third-order valence-corrected chi connectivity index (χ3v) is 6.74. The Morgan fingerprint density at radius 1 is 1.26 bits per heavy atom. The molecule has 3 aliphatic rings. The number of thiophene rings is 1. The second-order valence-corrected chi connectivity index (χ2v) is 8.68. The number of carbonyl (C=O) groups is 3. The monoisotopic (exact) mass is 390 g/mol. The predicted octanol–water partition coefficient (Wildman–Crippen LogP) is 0.264. The molecule has 7 nitrogen and oxygen atoms in total. The lowest BCUT2D eigenvalue weighted by atomic mass is 9.91. The maximum atomic E-state index is 12.8. The van der Waals surface area contributed by atoms with Crippen molar-refractivity contribution >= 4 is 29.1 Å². The lowest BCUT2D eigenvalue weighted by molar-refractivity contribution is -0.151. The van der Waals surface area contributed by atoms with Gasteiger partial charge in [-0.05, 0) is 50.2 Å². The molecule has 3 fully saturated rings. The number of hydrogen-bond acceptors (Lipinski definition) is 5. The second-order valence-electron chi connectivity index (χ2n) is 7.65. The molecule has 4 rings (SSSR count). The van der Waals surface area contributed by atoms with Crippen molar-refractivity contribution in [2.24, 2.45) is 5.92 Å². The Kier molecular flexibility index (Phi) is 5.45. The van der Waals surface area contributed by atoms with Crippen LogP contribution in [0.15, 0.2) is 17.5 Å². The van der Waals surface area contributed by atoms with Gasteiger partial charge < -0.3 is 20.9 Å². The average Bonchev–Trinajstić information content (AvgIpc) is 3.20. The standard InChI is InChI=1S/C19H26N4O3S/c24-17(12-3-6-20-7-4-12)21-13-5-8-23-16(10-13)18(25)22-15(19(23)26)11-14-2-1-9-27-14/h1-2,9,12-13,15-16,20H,3-8,10-11H2,(H,21,24)(H,22,25)/t13-,15+,16-/m0/s1. The SMILES string of the molecule is O=C(N[C@H]1CCN2C(=O)[C@@H](Cc3cccs3)NC(=O)[C@@H]2C1)C1CCNCC1. The van der Waals surface area contributed by atoms with Gasteiger partial charge in [0.05, 0.1) is 0 Å². The summed E-state index contributed by atoms with van der Waals surface area (Å²) in [5.74, 6) is 0.0439. The molecule has 3 amide bonds. The van der Waals surface area contributed by atoms with Crippen molar-refractivity contribution in [2.45, 2.75) is 50.2 Å². The van der Waals surface area contributed by atoms with E-state index in [4.69, 9.17) is 0 Å². The Morgan fingerprint density at radius 3 is 2.81 bits per heavy atom. The number of carbonyl (C=O) groups excluding carboxylic acids is 3. The van der Waals surface area contributed by atoms with Crippen molar-refractivity contribution in [1.82, 2.24) is 20.9 Å². The molecule has 8 heteroatoms. The number of fused-ring (bicyclic) bond motifs is 1. The Bertz CT molecular complexity index is 702. The molecule has 3 aliphatic heterocycles. The lowest BCUT2D eigenvalue weighted by Crippen LogP contribution is -2.67. The Balaban J connectivity index is 1.35. The summed E-state index contributed by atoms with van der Waals surface area (Å²) in [5, 5.41) is 11.3. The van der Waals surface area contributed by atoms with Crippen LogP contribution in [0.1, 0.15) is 30.6 Å². The van der Waals surface area contributed by atoms with E-state index in [0.29, 0.717) is 25.8 Å². The highest BCUT2D eigenvalue weighted by Gasteiger charge is 2.44. The van der Waals surface area contributed by atoms with E-state index in [9.17, 15) is 14.4 Å². The van der Waals surface area contributed by atoms with Crippen molar-refractivity contribution < 1.29 is 14.4 Å². The van der Waals surface area contributed by atoms with Crippen LogP contribution in [-0.4, -0.2) is 60.4 Å². The van der Waals surface area contributed by atoms with Crippen LogP contribution in [0.25, 0.3) is 0 Å². The summed E-state index contributed by atoms with van der Waals surface area (Å²) in [5.41, 5.74) is 0. The van der Waals surface area contributed by atoms with E-state index in [1.807, 2.05) is 17.5 Å². The molecule has 1 aromatic rings. The lowest BCUT2D eigenvalue weighted by Gasteiger charge is -2.44. The third-order valence-electron chi connectivity index (χ3n) is 5.84. The quantitative estimate of drug-likeness (QED) is 0.688. The summed E-state index contributed by atoms with van der Waals surface area (Å²) in [4.78, 5) is 40.7. The van der Waals surface area contributed by atoms with Crippen LogP contribution in [0, 0.1) is 5.92 Å². The predicted molar refractivity (Wildman–Crippen MR) is 102 cm³/mol. The highest BCUT2D eigenvalue weighted by molar-refractivity contribution is 7.09. The Hall–Kier alpha value is -1.93. The molecule has 0 aromatic carbocycles. The topological polar surface area (TPSA) is 90.5 Å². The molecule has 27 heavy (non-hydrogen) atoms. The highest BCUT2D eigenvalue weighted by Crippen LogP contribution is 2.25. The summed E-state index contributed by atoms with van der Waals surface area (Å²) in [6.07, 6.45) is 3.47. The fraction of sp³-hybridized carbons (Fsp3) is 0.632. The van der Waals surface area contributed by atoms with Crippen molar-refractivity contribution in [1.29, 1.82) is 0 Å². The largest absolute Gasteiger partial charge is 0.353 e. The van der Waals surface area contributed by atoms with E-state index >= 15 is 0 Å². The van der Waals surface area contributed by atoms with Gasteiger partial charge in [-0.1, -0.05) is 6.07 Å². The van der Waals surface area contributed by atoms with Gasteiger partial charge in [0, 0.05) is 29.8 Å². The van der Waals surface area contributed by atoms with Crippen molar-refractivity contribution in [3.05, 3.63) is 22.4 Å². The maximum Gasteiger partial charge on any atom is 0.246 e. The molecule has 4 heterocycles. The molecule has 3 saturated heterocycles. The van der Waals surface area contributed by atoms with Gasteiger partial charge >= 0.3 is 0 Å². The molecule has 3 atom stereocenters. The highest BCUT2D eigenvalue weighted by atomic mass is 32.1. The smallest absolute Gasteiger partial charge is 0.246 e. The molecule has 3 N–H and O–H groups in total. The Morgan fingerprint density at radius 2 is 2.07 bits per heavy atom. The molecule has 146 valence electrons. The molecule has 0 saturated carbocycles. The molecule has 0 radical (unpaired) electrons. The fourth-order valence-electron chi connectivity index (χ4n) is 4.31. The van der Waals surface area contributed by atoms with Crippen molar-refractivity contribution in [2.75, 3.05) is 19.6 Å². The van der Waals surface area contributed by atoms with E-state index in [0.717, 1.165) is 30.8 Å². The molecule has 1 aromatic heterocycles. The van der Waals surface area contributed by atoms with Crippen molar-refractivity contribution in [3.63, 3.8) is 0 Å². The first-order valence-electron chi connectivity index (χ1n) is 9.76. The first kappa shape index (κ1) is 18.4.